The summed E-state index contributed by atoms with van der Waals surface area (Å²) in [4.78, 5) is 14.7. The number of benzene rings is 2. The van der Waals surface area contributed by atoms with Crippen molar-refractivity contribution in [2.75, 3.05) is 0 Å². The zero-order valence-electron chi connectivity index (χ0n) is 9.90. The van der Waals surface area contributed by atoms with Gasteiger partial charge in [0, 0.05) is 16.0 Å². The highest BCUT2D eigenvalue weighted by atomic mass is 19.1. The third-order valence-corrected chi connectivity index (χ3v) is 2.68. The second-order valence-corrected chi connectivity index (χ2v) is 3.87. The molecule has 2 aromatic carbocycles. The van der Waals surface area contributed by atoms with E-state index in [2.05, 4.69) is 10.0 Å². The second-order valence-electron chi connectivity index (χ2n) is 3.87. The number of ketones is 1. The summed E-state index contributed by atoms with van der Waals surface area (Å²) >= 11 is 0. The van der Waals surface area contributed by atoms with Gasteiger partial charge in [-0.3, -0.25) is 4.79 Å². The Labute approximate surface area is 109 Å². The maximum Gasteiger partial charge on any atom is 0.276 e. The van der Waals surface area contributed by atoms with Gasteiger partial charge in [0.15, 0.2) is 0 Å². The van der Waals surface area contributed by atoms with Gasteiger partial charge in [0.1, 0.15) is 0 Å². The van der Waals surface area contributed by atoms with Gasteiger partial charge in [-0.1, -0.05) is 60.7 Å². The summed E-state index contributed by atoms with van der Waals surface area (Å²) in [6, 6.07) is 15.6. The number of Topliss-reactive ketones (excluding diaryl/α,β-unsaturated/α-hetero) is 1. The molecule has 0 saturated carbocycles. The summed E-state index contributed by atoms with van der Waals surface area (Å²) in [5.41, 5.74) is 8.69. The van der Waals surface area contributed by atoms with E-state index in [1.165, 1.54) is 24.3 Å². The molecule has 0 radical (unpaired) electrons. The van der Waals surface area contributed by atoms with E-state index in [1.807, 2.05) is 0 Å². The predicted molar refractivity (Wildman–Crippen MR) is 69.1 cm³/mol. The number of carbonyl (C=O) groups is 1. The molecule has 2 rings (SSSR count). The minimum absolute atomic E-state index is 0.0154. The second kappa shape index (κ2) is 5.33. The summed E-state index contributed by atoms with van der Waals surface area (Å²) in [5, 5.41) is 3.07. The van der Waals surface area contributed by atoms with Crippen molar-refractivity contribution in [3.63, 3.8) is 0 Å². The van der Waals surface area contributed by atoms with E-state index in [4.69, 9.17) is 5.53 Å². The summed E-state index contributed by atoms with van der Waals surface area (Å²) in [5.74, 6) is -3.60. The third kappa shape index (κ3) is 2.46. The highest BCUT2D eigenvalue weighted by molar-refractivity contribution is 6.02. The lowest BCUT2D eigenvalue weighted by Crippen LogP contribution is -2.28. The Morgan fingerprint density at radius 3 is 2.11 bits per heavy atom. The van der Waals surface area contributed by atoms with Crippen LogP contribution in [0.5, 0.6) is 0 Å². The molecule has 5 heteroatoms. The first-order valence-electron chi connectivity index (χ1n) is 5.59. The molecule has 0 heterocycles. The van der Waals surface area contributed by atoms with Crippen LogP contribution in [-0.4, -0.2) is 5.78 Å². The van der Waals surface area contributed by atoms with Crippen molar-refractivity contribution in [3.05, 3.63) is 82.2 Å². The smallest absolute Gasteiger partial charge is 0.276 e. The fourth-order valence-electron chi connectivity index (χ4n) is 1.74. The highest BCUT2D eigenvalue weighted by Crippen LogP contribution is 2.32. The molecule has 0 aliphatic rings. The molecule has 0 fully saturated rings. The van der Waals surface area contributed by atoms with E-state index in [-0.39, 0.29) is 11.1 Å². The molecule has 0 N–H and O–H groups in total. The first-order valence-corrected chi connectivity index (χ1v) is 5.59. The van der Waals surface area contributed by atoms with Crippen LogP contribution in [0.4, 0.5) is 4.39 Å². The molecule has 0 aromatic heterocycles. The number of hydrogen-bond acceptors (Lipinski definition) is 2. The molecule has 0 amide bonds. The Hall–Kier alpha value is -2.65. The van der Waals surface area contributed by atoms with Crippen LogP contribution in [0.15, 0.2) is 65.8 Å². The number of nitrogens with zero attached hydrogens (tertiary/aromatic N) is 3. The average Bonchev–Trinajstić information content (AvgIpc) is 2.48. The van der Waals surface area contributed by atoms with E-state index < -0.39 is 11.6 Å². The minimum atomic E-state index is -2.72. The van der Waals surface area contributed by atoms with Crippen molar-refractivity contribution in [2.24, 2.45) is 5.11 Å². The largest absolute Gasteiger partial charge is 0.290 e. The van der Waals surface area contributed by atoms with Crippen molar-refractivity contribution in [2.45, 2.75) is 5.79 Å². The molecular weight excluding hydrogens is 245 g/mol. The zero-order chi connectivity index (χ0) is 13.7. The van der Waals surface area contributed by atoms with Crippen LogP contribution < -0.4 is 0 Å². The van der Waals surface area contributed by atoms with Gasteiger partial charge in [0.05, 0.1) is 0 Å². The molecule has 1 unspecified atom stereocenters. The van der Waals surface area contributed by atoms with Crippen LogP contribution in [0.25, 0.3) is 10.4 Å². The first-order chi connectivity index (χ1) is 9.18. The van der Waals surface area contributed by atoms with Gasteiger partial charge in [-0.15, -0.1) is 0 Å². The monoisotopic (exact) mass is 255 g/mol. The van der Waals surface area contributed by atoms with Gasteiger partial charge in [-0.05, 0) is 10.6 Å². The third-order valence-electron chi connectivity index (χ3n) is 2.68. The van der Waals surface area contributed by atoms with E-state index >= 15 is 0 Å². The maximum atomic E-state index is 14.8. The van der Waals surface area contributed by atoms with Gasteiger partial charge < -0.3 is 0 Å². The van der Waals surface area contributed by atoms with E-state index in [0.717, 1.165) is 0 Å². The molecule has 0 saturated heterocycles. The fourth-order valence-corrected chi connectivity index (χ4v) is 1.74. The molecular formula is C14H10FN3O. The Morgan fingerprint density at radius 1 is 1.05 bits per heavy atom. The molecule has 0 bridgehead atoms. The molecule has 0 spiro atoms. The lowest BCUT2D eigenvalue weighted by atomic mass is 9.96. The van der Waals surface area contributed by atoms with E-state index in [1.54, 1.807) is 36.4 Å². The maximum absolute atomic E-state index is 14.8. The predicted octanol–water partition coefficient (Wildman–Crippen LogP) is 4.00. The number of rotatable bonds is 4. The van der Waals surface area contributed by atoms with Crippen molar-refractivity contribution >= 4 is 5.78 Å². The Morgan fingerprint density at radius 2 is 1.58 bits per heavy atom. The van der Waals surface area contributed by atoms with Gasteiger partial charge >= 0.3 is 0 Å². The molecule has 19 heavy (non-hydrogen) atoms. The summed E-state index contributed by atoms with van der Waals surface area (Å²) < 4.78 is 14.8. The zero-order valence-corrected chi connectivity index (χ0v) is 9.90. The van der Waals surface area contributed by atoms with Crippen LogP contribution in [0.3, 0.4) is 0 Å². The summed E-state index contributed by atoms with van der Waals surface area (Å²) in [6.45, 7) is 0. The van der Waals surface area contributed by atoms with Crippen LogP contribution in [-0.2, 0) is 5.79 Å². The first kappa shape index (κ1) is 12.8. The van der Waals surface area contributed by atoms with Crippen LogP contribution in [0, 0.1) is 0 Å². The van der Waals surface area contributed by atoms with Gasteiger partial charge in [-0.25, -0.2) is 4.39 Å². The molecule has 2 aromatic rings. The number of alkyl halides is 1. The van der Waals surface area contributed by atoms with E-state index in [9.17, 15) is 9.18 Å². The van der Waals surface area contributed by atoms with Crippen molar-refractivity contribution in [3.8, 4) is 0 Å². The lowest BCUT2D eigenvalue weighted by molar-refractivity contribution is 0.0693. The molecule has 0 aliphatic carbocycles. The van der Waals surface area contributed by atoms with Gasteiger partial charge in [0.2, 0.25) is 5.78 Å². The van der Waals surface area contributed by atoms with Gasteiger partial charge in [-0.2, -0.15) is 0 Å². The standard InChI is InChI=1S/C14H10FN3O/c15-14(17-18-16,12-9-5-2-6-10-12)13(19)11-7-3-1-4-8-11/h1-10H. The number of azide groups is 1. The summed E-state index contributed by atoms with van der Waals surface area (Å²) in [7, 11) is 0. The topological polar surface area (TPSA) is 65.8 Å². The molecule has 4 nitrogen and oxygen atoms in total. The van der Waals surface area contributed by atoms with Crippen LogP contribution in [0.2, 0.25) is 0 Å². The normalized spacial score (nSPS) is 13.1. The minimum Gasteiger partial charge on any atom is -0.290 e. The quantitative estimate of drug-likeness (QED) is 0.267. The lowest BCUT2D eigenvalue weighted by Gasteiger charge is -2.18. The number of hydrogen-bond donors (Lipinski definition) is 0. The van der Waals surface area contributed by atoms with Crippen LogP contribution >= 0.6 is 0 Å². The molecule has 1 atom stereocenters. The SMILES string of the molecule is [N-]=[N+]=NC(F)(C(=O)c1ccccc1)c1ccccc1. The van der Waals surface area contributed by atoms with Crippen LogP contribution in [0.1, 0.15) is 15.9 Å². The van der Waals surface area contributed by atoms with Crippen molar-refractivity contribution in [1.82, 2.24) is 0 Å². The Bertz CT molecular complexity index is 624. The van der Waals surface area contributed by atoms with E-state index in [0.29, 0.717) is 0 Å². The molecule has 94 valence electrons. The number of carbonyl (C=O) groups excluding carboxylic acids is 1. The molecule has 0 aliphatic heterocycles. The summed E-state index contributed by atoms with van der Waals surface area (Å²) in [6.07, 6.45) is 0. The number of halogens is 1. The van der Waals surface area contributed by atoms with Crippen molar-refractivity contribution < 1.29 is 9.18 Å². The Kier molecular flexibility index (Phi) is 3.59. The highest BCUT2D eigenvalue weighted by Gasteiger charge is 2.40. The van der Waals surface area contributed by atoms with Gasteiger partial charge in [0.25, 0.3) is 5.79 Å². The average molecular weight is 255 g/mol. The fraction of sp³-hybridized carbons (Fsp3) is 0.0714. The Balaban J connectivity index is 2.52. The van der Waals surface area contributed by atoms with Crippen molar-refractivity contribution in [1.29, 1.82) is 0 Å².